The maximum atomic E-state index is 12.9. The van der Waals surface area contributed by atoms with Crippen molar-refractivity contribution in [1.29, 1.82) is 0 Å². The van der Waals surface area contributed by atoms with Gasteiger partial charge >= 0.3 is 6.11 Å². The number of carbonyl (C=O) groups excluding carboxylic acids is 1. The molecular formula is C20H23F2NO5. The van der Waals surface area contributed by atoms with Gasteiger partial charge in [-0.2, -0.15) is 8.78 Å². The fourth-order valence-corrected chi connectivity index (χ4v) is 2.38. The van der Waals surface area contributed by atoms with Gasteiger partial charge in [0.1, 0.15) is 23.8 Å². The van der Waals surface area contributed by atoms with Gasteiger partial charge in [-0.3, -0.25) is 9.78 Å². The third-order valence-electron chi connectivity index (χ3n) is 3.75. The predicted molar refractivity (Wildman–Crippen MR) is 97.6 cm³/mol. The number of ketones is 1. The van der Waals surface area contributed by atoms with Gasteiger partial charge < -0.3 is 18.9 Å². The number of hydrogen-bond acceptors (Lipinski definition) is 6. The number of rotatable bonds is 11. The molecule has 152 valence electrons. The van der Waals surface area contributed by atoms with Gasteiger partial charge in [-0.1, -0.05) is 12.1 Å². The summed E-state index contributed by atoms with van der Waals surface area (Å²) in [6, 6.07) is 9.34. The average molecular weight is 395 g/mol. The molecule has 2 aromatic rings. The fourth-order valence-electron chi connectivity index (χ4n) is 2.38. The van der Waals surface area contributed by atoms with Gasteiger partial charge in [0, 0.05) is 51.8 Å². The Balaban J connectivity index is 1.89. The summed E-state index contributed by atoms with van der Waals surface area (Å²) in [6.07, 6.45) is -1.46. The van der Waals surface area contributed by atoms with E-state index in [0.29, 0.717) is 24.8 Å². The molecule has 0 spiro atoms. The maximum absolute atomic E-state index is 12.9. The van der Waals surface area contributed by atoms with E-state index in [2.05, 4.69) is 9.72 Å². The molecule has 6 nitrogen and oxygen atoms in total. The van der Waals surface area contributed by atoms with Crippen molar-refractivity contribution >= 4 is 5.78 Å². The van der Waals surface area contributed by atoms with Gasteiger partial charge in [-0.05, 0) is 18.2 Å². The lowest BCUT2D eigenvalue weighted by atomic mass is 10.1. The maximum Gasteiger partial charge on any atom is 0.394 e. The second-order valence-corrected chi connectivity index (χ2v) is 6.09. The van der Waals surface area contributed by atoms with Crippen LogP contribution in [0.1, 0.15) is 35.8 Å². The highest BCUT2D eigenvalue weighted by Gasteiger charge is 2.23. The average Bonchev–Trinajstić information content (AvgIpc) is 2.66. The van der Waals surface area contributed by atoms with E-state index in [1.807, 2.05) is 0 Å². The van der Waals surface area contributed by atoms with Crippen LogP contribution in [0.2, 0.25) is 0 Å². The summed E-state index contributed by atoms with van der Waals surface area (Å²) in [5, 5.41) is 0. The van der Waals surface area contributed by atoms with E-state index >= 15 is 0 Å². The lowest BCUT2D eigenvalue weighted by molar-refractivity contribution is -0.159. The van der Waals surface area contributed by atoms with Crippen molar-refractivity contribution in [3.63, 3.8) is 0 Å². The Kier molecular flexibility index (Phi) is 7.83. The van der Waals surface area contributed by atoms with Crippen molar-refractivity contribution in [1.82, 2.24) is 4.98 Å². The van der Waals surface area contributed by atoms with Crippen LogP contribution < -0.4 is 9.47 Å². The van der Waals surface area contributed by atoms with Gasteiger partial charge in [-0.15, -0.1) is 0 Å². The number of hydrogen-bond donors (Lipinski definition) is 0. The molecule has 0 saturated heterocycles. The Morgan fingerprint density at radius 2 is 1.86 bits per heavy atom. The van der Waals surface area contributed by atoms with Crippen LogP contribution in [0.3, 0.4) is 0 Å². The molecule has 8 heteroatoms. The number of aromatic nitrogens is 1. The number of alkyl halides is 2. The van der Waals surface area contributed by atoms with E-state index in [-0.39, 0.29) is 24.6 Å². The molecule has 1 heterocycles. The molecular weight excluding hydrogens is 372 g/mol. The Morgan fingerprint density at radius 1 is 1.14 bits per heavy atom. The first-order valence-corrected chi connectivity index (χ1v) is 8.64. The molecule has 28 heavy (non-hydrogen) atoms. The largest absolute Gasteiger partial charge is 0.489 e. The standard InChI is InChI=1S/C20H23F2NO5/c1-20(21,22)28-16-6-4-5-15(11-16)27-13-14-7-8-17(23-12-14)18(24)9-10-19(25-2)26-3/h4-8,11-12,19H,9-10,13H2,1-3H3. The summed E-state index contributed by atoms with van der Waals surface area (Å²) in [4.78, 5) is 16.3. The lowest BCUT2D eigenvalue weighted by Crippen LogP contribution is -2.19. The molecule has 0 amide bonds. The van der Waals surface area contributed by atoms with E-state index < -0.39 is 12.4 Å². The number of nitrogens with zero attached hydrogens (tertiary/aromatic N) is 1. The Labute approximate surface area is 162 Å². The van der Waals surface area contributed by atoms with Crippen LogP contribution in [0.25, 0.3) is 0 Å². The highest BCUT2D eigenvalue weighted by atomic mass is 19.3. The Hall–Kier alpha value is -2.58. The van der Waals surface area contributed by atoms with Crippen LogP contribution in [-0.2, 0) is 16.1 Å². The topological polar surface area (TPSA) is 66.9 Å². The molecule has 1 aromatic heterocycles. The van der Waals surface area contributed by atoms with Gasteiger partial charge in [-0.25, -0.2) is 0 Å². The second-order valence-electron chi connectivity index (χ2n) is 6.09. The minimum Gasteiger partial charge on any atom is -0.489 e. The van der Waals surface area contributed by atoms with Crippen LogP contribution in [0.15, 0.2) is 42.6 Å². The quantitative estimate of drug-likeness (QED) is 0.419. The molecule has 0 aliphatic heterocycles. The third-order valence-corrected chi connectivity index (χ3v) is 3.75. The van der Waals surface area contributed by atoms with Crippen molar-refractivity contribution in [2.45, 2.75) is 38.8 Å². The summed E-state index contributed by atoms with van der Waals surface area (Å²) in [6.45, 7) is 0.836. The highest BCUT2D eigenvalue weighted by molar-refractivity contribution is 5.94. The van der Waals surface area contributed by atoms with Crippen molar-refractivity contribution in [2.24, 2.45) is 0 Å². The summed E-state index contributed by atoms with van der Waals surface area (Å²) in [5.74, 6) is 0.276. The molecule has 0 fully saturated rings. The Bertz CT molecular complexity index is 758. The van der Waals surface area contributed by atoms with Gasteiger partial charge in [0.15, 0.2) is 12.1 Å². The zero-order chi connectivity index (χ0) is 20.6. The minimum absolute atomic E-state index is 0.00879. The van der Waals surface area contributed by atoms with Crippen molar-refractivity contribution in [3.8, 4) is 11.5 Å². The molecule has 0 bridgehead atoms. The van der Waals surface area contributed by atoms with Gasteiger partial charge in [0.05, 0.1) is 0 Å². The van der Waals surface area contributed by atoms with Gasteiger partial charge in [0.2, 0.25) is 0 Å². The number of pyridine rings is 1. The van der Waals surface area contributed by atoms with Crippen molar-refractivity contribution in [3.05, 3.63) is 53.9 Å². The normalized spacial score (nSPS) is 11.5. The lowest BCUT2D eigenvalue weighted by Gasteiger charge is -2.14. The third kappa shape index (κ3) is 7.21. The summed E-state index contributed by atoms with van der Waals surface area (Å²) in [7, 11) is 3.03. The van der Waals surface area contributed by atoms with E-state index in [1.165, 1.54) is 32.5 Å². The highest BCUT2D eigenvalue weighted by Crippen LogP contribution is 2.25. The molecule has 2 rings (SSSR count). The molecule has 1 aromatic carbocycles. The zero-order valence-corrected chi connectivity index (χ0v) is 16.0. The van der Waals surface area contributed by atoms with Crippen LogP contribution in [-0.4, -0.2) is 37.4 Å². The van der Waals surface area contributed by atoms with Crippen LogP contribution in [0.4, 0.5) is 8.78 Å². The number of halogens is 2. The molecule has 0 saturated carbocycles. The van der Waals surface area contributed by atoms with E-state index in [9.17, 15) is 13.6 Å². The fraction of sp³-hybridized carbons (Fsp3) is 0.400. The number of Topliss-reactive ketones (excluding diaryl/α,β-unsaturated/α-hetero) is 1. The first-order chi connectivity index (χ1) is 13.3. The van der Waals surface area contributed by atoms with E-state index in [0.717, 1.165) is 5.56 Å². The molecule has 0 atom stereocenters. The monoisotopic (exact) mass is 395 g/mol. The molecule has 0 radical (unpaired) electrons. The zero-order valence-electron chi connectivity index (χ0n) is 16.0. The predicted octanol–water partition coefficient (Wildman–Crippen LogP) is 4.23. The smallest absolute Gasteiger partial charge is 0.394 e. The molecule has 0 N–H and O–H groups in total. The number of methoxy groups -OCH3 is 2. The molecule has 0 unspecified atom stereocenters. The van der Waals surface area contributed by atoms with Crippen molar-refractivity contribution < 1.29 is 32.5 Å². The van der Waals surface area contributed by atoms with Crippen LogP contribution >= 0.6 is 0 Å². The van der Waals surface area contributed by atoms with E-state index in [1.54, 1.807) is 24.3 Å². The van der Waals surface area contributed by atoms with Crippen LogP contribution in [0.5, 0.6) is 11.5 Å². The number of benzene rings is 1. The summed E-state index contributed by atoms with van der Waals surface area (Å²) < 4.78 is 46.0. The van der Waals surface area contributed by atoms with E-state index in [4.69, 9.17) is 14.2 Å². The van der Waals surface area contributed by atoms with Crippen LogP contribution in [0, 0.1) is 0 Å². The number of carbonyl (C=O) groups is 1. The summed E-state index contributed by atoms with van der Waals surface area (Å²) >= 11 is 0. The number of ether oxygens (including phenoxy) is 4. The first-order valence-electron chi connectivity index (χ1n) is 8.64. The van der Waals surface area contributed by atoms with Gasteiger partial charge in [0.25, 0.3) is 0 Å². The second kappa shape index (κ2) is 10.1. The SMILES string of the molecule is COC(CCC(=O)c1ccc(COc2cccc(OC(C)(F)F)c2)cn1)OC. The summed E-state index contributed by atoms with van der Waals surface area (Å²) in [5.41, 5.74) is 1.07. The minimum atomic E-state index is -3.27. The van der Waals surface area contributed by atoms with Crippen molar-refractivity contribution in [2.75, 3.05) is 14.2 Å². The molecule has 0 aliphatic rings. The first kappa shape index (κ1) is 21.7. The Morgan fingerprint density at radius 3 is 2.46 bits per heavy atom. The molecule has 0 aliphatic carbocycles.